The van der Waals surface area contributed by atoms with Crippen LogP contribution in [0.4, 0.5) is 43.9 Å². The van der Waals surface area contributed by atoms with E-state index in [4.69, 9.17) is 0 Å². The summed E-state index contributed by atoms with van der Waals surface area (Å²) in [6, 6.07) is 33.0. The molecule has 0 spiro atoms. The molecule has 3 aromatic rings. The smallest absolute Gasteiger partial charge is 0.189 e. The zero-order valence-electron chi connectivity index (χ0n) is 19.8. The van der Waals surface area contributed by atoms with Gasteiger partial charge in [-0.2, -0.15) is 53.9 Å². The molecule has 0 radical (unpaired) electrons. The van der Waals surface area contributed by atoms with Crippen LogP contribution in [0.1, 0.15) is 20.8 Å². The lowest BCUT2D eigenvalue weighted by atomic mass is 10.1. The molecule has 0 amide bonds. The maximum Gasteiger partial charge on any atom is 0.460 e. The number of hydrogen-bond donors (Lipinski definition) is 0. The van der Waals surface area contributed by atoms with Gasteiger partial charge in [0.1, 0.15) is 0 Å². The molecule has 3 rings (SSSR count). The first-order chi connectivity index (χ1) is 16.8. The molecule has 0 unspecified atom stereocenters. The molecule has 0 heterocycles. The Morgan fingerprint density at radius 2 is 0.622 bits per heavy atom. The van der Waals surface area contributed by atoms with Gasteiger partial charge in [0.2, 0.25) is 0 Å². The normalized spacial score (nSPS) is 14.0. The summed E-state index contributed by atoms with van der Waals surface area (Å²) in [6.07, 6.45) is -13.9. The molecule has 37 heavy (non-hydrogen) atoms. The Labute approximate surface area is 209 Å². The van der Waals surface area contributed by atoms with Gasteiger partial charge in [-0.1, -0.05) is 75.4 Å². The second-order valence-corrected chi connectivity index (χ2v) is 12.7. The molecule has 0 aliphatic heterocycles. The second-order valence-electron chi connectivity index (χ2n) is 8.81. The minimum atomic E-state index is -7.14. The molecule has 0 nitrogen and oxygen atoms in total. The van der Waals surface area contributed by atoms with E-state index in [1.54, 1.807) is 0 Å². The first-order valence-electron chi connectivity index (χ1n) is 10.7. The van der Waals surface area contributed by atoms with Crippen LogP contribution in [0, 0.1) is 0 Å². The van der Waals surface area contributed by atoms with Crippen LogP contribution in [-0.4, -0.2) is 28.9 Å². The first-order valence-corrected chi connectivity index (χ1v) is 12.3. The lowest BCUT2D eigenvalue weighted by Gasteiger charge is -2.51. The Morgan fingerprint density at radius 3 is 0.784 bits per heavy atom. The molecule has 204 valence electrons. The van der Waals surface area contributed by atoms with Crippen molar-refractivity contribution in [2.24, 2.45) is 0 Å². The first kappa shape index (κ1) is 30.5. The Kier molecular flexibility index (Phi) is 8.74. The van der Waals surface area contributed by atoms with Crippen LogP contribution in [-0.2, 0) is 0 Å². The number of alkyl halides is 10. The summed E-state index contributed by atoms with van der Waals surface area (Å²) < 4.78 is 113. The third-order valence-corrected chi connectivity index (χ3v) is 10.1. The molecule has 0 aliphatic rings. The summed E-state index contributed by atoms with van der Waals surface area (Å²) in [6.45, 7) is 7.11. The molecule has 0 aliphatic carbocycles. The summed E-state index contributed by atoms with van der Waals surface area (Å²) in [7, 11) is -1.35. The molecule has 0 saturated carbocycles. The van der Waals surface area contributed by atoms with Gasteiger partial charge in [-0.15, -0.1) is 0 Å². The highest BCUT2D eigenvalue weighted by atomic mass is 32.3. The third kappa shape index (κ3) is 5.76. The Morgan fingerprint density at radius 1 is 0.405 bits per heavy atom. The zero-order chi connectivity index (χ0) is 28.3. The summed E-state index contributed by atoms with van der Waals surface area (Å²) in [5, 5.41) is 0. The summed E-state index contributed by atoms with van der Waals surface area (Å²) >= 11 is 0. The molecule has 0 bridgehead atoms. The van der Waals surface area contributed by atoms with Crippen LogP contribution in [0.25, 0.3) is 0 Å². The largest absolute Gasteiger partial charge is 0.460 e. The van der Waals surface area contributed by atoms with Crippen molar-refractivity contribution in [3.63, 3.8) is 0 Å². The molecule has 0 saturated heterocycles. The van der Waals surface area contributed by atoms with E-state index in [2.05, 4.69) is 112 Å². The van der Waals surface area contributed by atoms with Crippen LogP contribution in [0.5, 0.6) is 0 Å². The van der Waals surface area contributed by atoms with Crippen LogP contribution < -0.4 is 0 Å². The fourth-order valence-corrected chi connectivity index (χ4v) is 8.33. The molecular weight excluding hydrogens is 534 g/mol. The van der Waals surface area contributed by atoms with Gasteiger partial charge in [0, 0.05) is 4.75 Å². The Hall–Kier alpha value is -2.69. The Bertz CT molecular complexity index is 997. The SMILES string of the molecule is CC(C)(C)S(c1ccccc1)(c1ccccc1)c1ccccc1.FC(F)(F)C(F)(F)C(F)(F)C(F)(F)F. The molecule has 11 heteroatoms. The van der Waals surface area contributed by atoms with Crippen LogP contribution in [0.15, 0.2) is 106 Å². The van der Waals surface area contributed by atoms with Crippen molar-refractivity contribution in [2.45, 2.75) is 64.4 Å². The van der Waals surface area contributed by atoms with Crippen LogP contribution >= 0.6 is 10.0 Å². The molecule has 0 N–H and O–H groups in total. The van der Waals surface area contributed by atoms with Gasteiger partial charge in [0.05, 0.1) is 0 Å². The van der Waals surface area contributed by atoms with E-state index in [1.165, 1.54) is 14.7 Å². The highest BCUT2D eigenvalue weighted by molar-refractivity contribution is 8.34. The third-order valence-electron chi connectivity index (χ3n) is 5.32. The summed E-state index contributed by atoms with van der Waals surface area (Å²) in [4.78, 5) is 4.26. The standard InChI is InChI=1S/C22H24S.C4F10/c1-22(2,3)23(19-13-7-4-8-14-19,20-15-9-5-10-16-20)21-17-11-6-12-18-21;5-1(6,3(9,10)11)2(7,8)4(12,13)14/h4-18H,1-3H3;. The van der Waals surface area contributed by atoms with Gasteiger partial charge in [0.15, 0.2) is 0 Å². The lowest BCUT2D eigenvalue weighted by Crippen LogP contribution is -2.59. The number of rotatable bonds is 4. The maximum atomic E-state index is 11.6. The lowest BCUT2D eigenvalue weighted by molar-refractivity contribution is -0.419. The van der Waals surface area contributed by atoms with Gasteiger partial charge in [-0.05, 0) is 51.1 Å². The summed E-state index contributed by atoms with van der Waals surface area (Å²) in [5.41, 5.74) is 0. The Balaban J connectivity index is 0.000000298. The number of hydrogen-bond acceptors (Lipinski definition) is 0. The van der Waals surface area contributed by atoms with E-state index in [0.29, 0.717) is 0 Å². The highest BCUT2D eigenvalue weighted by Crippen LogP contribution is 2.75. The topological polar surface area (TPSA) is 0 Å². The molecule has 0 aromatic heterocycles. The minimum absolute atomic E-state index is 0.108. The fraction of sp³-hybridized carbons (Fsp3) is 0.308. The van der Waals surface area contributed by atoms with E-state index in [9.17, 15) is 43.9 Å². The number of benzene rings is 3. The van der Waals surface area contributed by atoms with Gasteiger partial charge in [-0.3, -0.25) is 0 Å². The van der Waals surface area contributed by atoms with Crippen molar-refractivity contribution >= 4 is 10.0 Å². The summed E-state index contributed by atoms with van der Waals surface area (Å²) in [5.74, 6) is -14.3. The monoisotopic (exact) mass is 558 g/mol. The van der Waals surface area contributed by atoms with Crippen molar-refractivity contribution < 1.29 is 43.9 Å². The number of halogens is 10. The van der Waals surface area contributed by atoms with Gasteiger partial charge >= 0.3 is 24.2 Å². The van der Waals surface area contributed by atoms with Gasteiger partial charge in [0.25, 0.3) is 0 Å². The molecular formula is C26H24F10S. The van der Waals surface area contributed by atoms with Gasteiger partial charge in [-0.25, -0.2) is 0 Å². The maximum absolute atomic E-state index is 11.6. The van der Waals surface area contributed by atoms with E-state index in [-0.39, 0.29) is 4.75 Å². The fourth-order valence-electron chi connectivity index (χ4n) is 3.70. The van der Waals surface area contributed by atoms with Crippen molar-refractivity contribution in [1.82, 2.24) is 0 Å². The molecule has 0 atom stereocenters. The van der Waals surface area contributed by atoms with Crippen molar-refractivity contribution in [3.05, 3.63) is 91.0 Å². The van der Waals surface area contributed by atoms with Crippen molar-refractivity contribution in [1.29, 1.82) is 0 Å². The minimum Gasteiger partial charge on any atom is -0.189 e. The van der Waals surface area contributed by atoms with E-state index < -0.39 is 34.2 Å². The quantitative estimate of drug-likeness (QED) is 0.280. The van der Waals surface area contributed by atoms with E-state index in [0.717, 1.165) is 0 Å². The predicted octanol–water partition coefficient (Wildman–Crippen LogP) is 10.1. The average molecular weight is 559 g/mol. The van der Waals surface area contributed by atoms with Gasteiger partial charge < -0.3 is 0 Å². The second kappa shape index (κ2) is 10.6. The van der Waals surface area contributed by atoms with Crippen molar-refractivity contribution in [3.8, 4) is 0 Å². The predicted molar refractivity (Wildman–Crippen MR) is 123 cm³/mol. The highest BCUT2D eigenvalue weighted by Gasteiger charge is 2.82. The molecule has 0 fully saturated rings. The van der Waals surface area contributed by atoms with E-state index >= 15 is 0 Å². The molecule has 3 aromatic carbocycles. The average Bonchev–Trinajstić information content (AvgIpc) is 2.80. The van der Waals surface area contributed by atoms with Crippen molar-refractivity contribution in [2.75, 3.05) is 0 Å². The van der Waals surface area contributed by atoms with Crippen LogP contribution in [0.2, 0.25) is 0 Å². The zero-order valence-corrected chi connectivity index (χ0v) is 20.7. The van der Waals surface area contributed by atoms with E-state index in [1.807, 2.05) is 0 Å². The van der Waals surface area contributed by atoms with Crippen LogP contribution in [0.3, 0.4) is 0 Å².